The minimum Gasteiger partial charge on any atom is -0.454 e. The third-order valence-electron chi connectivity index (χ3n) is 5.48. The zero-order valence-corrected chi connectivity index (χ0v) is 17.8. The number of nitrogens with zero attached hydrogens (tertiary/aromatic N) is 3. The zero-order valence-electron chi connectivity index (χ0n) is 17.1. The molecular weight excluding hydrogens is 431 g/mol. The lowest BCUT2D eigenvalue weighted by atomic mass is 10.1. The number of para-hydroxylation sites is 3. The van der Waals surface area contributed by atoms with Crippen molar-refractivity contribution in [2.75, 3.05) is 31.5 Å². The molecule has 0 atom stereocenters. The second kappa shape index (κ2) is 8.51. The zero-order chi connectivity index (χ0) is 22.1. The molecule has 162 valence electrons. The van der Waals surface area contributed by atoms with E-state index >= 15 is 0 Å². The molecule has 2 heterocycles. The molecule has 0 unspecified atom stereocenters. The van der Waals surface area contributed by atoms with Crippen molar-refractivity contribution in [1.29, 1.82) is 0 Å². The van der Waals surface area contributed by atoms with Gasteiger partial charge in [0.15, 0.2) is 5.75 Å². The Balaban J connectivity index is 1.33. The van der Waals surface area contributed by atoms with Crippen molar-refractivity contribution in [3.05, 3.63) is 83.1 Å². The van der Waals surface area contributed by atoms with Gasteiger partial charge in [-0.15, -0.1) is 0 Å². The molecule has 8 heteroatoms. The first kappa shape index (κ1) is 20.3. The van der Waals surface area contributed by atoms with E-state index in [2.05, 4.69) is 10.2 Å². The number of aliphatic imine (C=N–C) groups is 1. The van der Waals surface area contributed by atoms with Crippen LogP contribution in [0, 0.1) is 5.82 Å². The summed E-state index contributed by atoms with van der Waals surface area (Å²) in [7, 11) is 0. The van der Waals surface area contributed by atoms with Crippen molar-refractivity contribution >= 4 is 34.8 Å². The number of hydrogen-bond donors (Lipinski definition) is 1. The molecule has 6 nitrogen and oxygen atoms in total. The van der Waals surface area contributed by atoms with E-state index in [0.29, 0.717) is 37.6 Å². The summed E-state index contributed by atoms with van der Waals surface area (Å²) in [5.74, 6) is 1.78. The molecular formula is C24H20ClFN4O2. The molecule has 2 aliphatic rings. The second-order valence-corrected chi connectivity index (χ2v) is 7.94. The minimum absolute atomic E-state index is 0.0276. The number of amidine groups is 1. The highest BCUT2D eigenvalue weighted by Gasteiger charge is 2.27. The number of fused-ring (bicyclic) bond motifs is 2. The van der Waals surface area contributed by atoms with Crippen LogP contribution < -0.4 is 10.1 Å². The van der Waals surface area contributed by atoms with Gasteiger partial charge in [-0.05, 0) is 42.5 Å². The first-order chi connectivity index (χ1) is 15.6. The summed E-state index contributed by atoms with van der Waals surface area (Å²) in [5, 5.41) is 2.75. The van der Waals surface area contributed by atoms with E-state index in [1.165, 1.54) is 18.2 Å². The number of piperazine rings is 1. The van der Waals surface area contributed by atoms with Crippen molar-refractivity contribution in [3.63, 3.8) is 0 Å². The Morgan fingerprint density at radius 2 is 1.69 bits per heavy atom. The number of rotatable bonds is 1. The molecule has 0 saturated carbocycles. The van der Waals surface area contributed by atoms with Crippen molar-refractivity contribution in [2.24, 2.45) is 4.99 Å². The van der Waals surface area contributed by atoms with E-state index in [1.807, 2.05) is 48.5 Å². The summed E-state index contributed by atoms with van der Waals surface area (Å²) < 4.78 is 19.5. The Labute approximate surface area is 189 Å². The number of carbonyl (C=O) groups is 1. The highest BCUT2D eigenvalue weighted by atomic mass is 35.5. The summed E-state index contributed by atoms with van der Waals surface area (Å²) in [4.78, 5) is 21.5. The lowest BCUT2D eigenvalue weighted by molar-refractivity contribution is 0.181. The maximum Gasteiger partial charge on any atom is 0.321 e. The topological polar surface area (TPSA) is 57.2 Å². The molecule has 0 radical (unpaired) electrons. The summed E-state index contributed by atoms with van der Waals surface area (Å²) in [6.07, 6.45) is 0. The van der Waals surface area contributed by atoms with Gasteiger partial charge in [-0.3, -0.25) is 0 Å². The molecule has 0 aromatic heterocycles. The van der Waals surface area contributed by atoms with Crippen LogP contribution in [-0.4, -0.2) is 47.8 Å². The quantitative estimate of drug-likeness (QED) is 0.531. The van der Waals surface area contributed by atoms with Crippen molar-refractivity contribution < 1.29 is 13.9 Å². The van der Waals surface area contributed by atoms with E-state index in [9.17, 15) is 9.18 Å². The third-order valence-corrected chi connectivity index (χ3v) is 5.77. The molecule has 32 heavy (non-hydrogen) atoms. The summed E-state index contributed by atoms with van der Waals surface area (Å²) in [6.45, 7) is 2.27. The first-order valence-corrected chi connectivity index (χ1v) is 10.7. The Kier molecular flexibility index (Phi) is 5.41. The minimum atomic E-state index is -0.520. The predicted molar refractivity (Wildman–Crippen MR) is 123 cm³/mol. The molecule has 0 bridgehead atoms. The van der Waals surface area contributed by atoms with Gasteiger partial charge in [-0.25, -0.2) is 14.2 Å². The van der Waals surface area contributed by atoms with E-state index in [0.717, 1.165) is 22.8 Å². The lowest BCUT2D eigenvalue weighted by Gasteiger charge is -2.36. The van der Waals surface area contributed by atoms with E-state index in [1.54, 1.807) is 4.90 Å². The standard InChI is InChI=1S/C24H20ClFN4O2/c25-18-15-16(9-10-19(18)26)27-24(31)30-13-11-29(12-14-30)23-17-5-1-3-7-21(17)32-22-8-4-2-6-20(22)28-23/h1-10,15H,11-14H2,(H,27,31). The van der Waals surface area contributed by atoms with Crippen LogP contribution in [0.15, 0.2) is 71.7 Å². The van der Waals surface area contributed by atoms with Crippen LogP contribution in [0.5, 0.6) is 11.5 Å². The van der Waals surface area contributed by atoms with E-state index < -0.39 is 5.82 Å². The van der Waals surface area contributed by atoms with Gasteiger partial charge in [0.05, 0.1) is 10.6 Å². The van der Waals surface area contributed by atoms with E-state index in [-0.39, 0.29) is 11.1 Å². The van der Waals surface area contributed by atoms with Crippen LogP contribution in [0.3, 0.4) is 0 Å². The molecule has 2 amide bonds. The summed E-state index contributed by atoms with van der Waals surface area (Å²) in [6, 6.07) is 19.4. The number of nitrogens with one attached hydrogen (secondary N) is 1. The normalized spacial score (nSPS) is 15.1. The first-order valence-electron chi connectivity index (χ1n) is 10.3. The molecule has 5 rings (SSSR count). The van der Waals surface area contributed by atoms with Crippen LogP contribution in [0.1, 0.15) is 5.56 Å². The van der Waals surface area contributed by atoms with Crippen LogP contribution in [-0.2, 0) is 0 Å². The predicted octanol–water partition coefficient (Wildman–Crippen LogP) is 5.51. The maximum atomic E-state index is 13.4. The average molecular weight is 451 g/mol. The van der Waals surface area contributed by atoms with Gasteiger partial charge in [0.25, 0.3) is 0 Å². The van der Waals surface area contributed by atoms with Gasteiger partial charge >= 0.3 is 6.03 Å². The number of carbonyl (C=O) groups excluding carboxylic acids is 1. The van der Waals surface area contributed by atoms with Crippen LogP contribution in [0.4, 0.5) is 20.6 Å². The fourth-order valence-electron chi connectivity index (χ4n) is 3.81. The highest BCUT2D eigenvalue weighted by molar-refractivity contribution is 6.31. The van der Waals surface area contributed by atoms with Crippen molar-refractivity contribution in [3.8, 4) is 11.5 Å². The molecule has 1 saturated heterocycles. The van der Waals surface area contributed by atoms with Gasteiger partial charge in [0.2, 0.25) is 0 Å². The second-order valence-electron chi connectivity index (χ2n) is 7.53. The van der Waals surface area contributed by atoms with Gasteiger partial charge in [0, 0.05) is 31.9 Å². The SMILES string of the molecule is O=C(Nc1ccc(F)c(Cl)c1)N1CCN(C2=Nc3ccccc3Oc3ccccc32)CC1. The Morgan fingerprint density at radius 3 is 2.47 bits per heavy atom. The Bertz CT molecular complexity index is 1210. The van der Waals surface area contributed by atoms with Gasteiger partial charge in [0.1, 0.15) is 23.1 Å². The largest absolute Gasteiger partial charge is 0.454 e. The number of anilines is 1. The van der Waals surface area contributed by atoms with Crippen LogP contribution in [0.2, 0.25) is 5.02 Å². The monoisotopic (exact) mass is 450 g/mol. The third kappa shape index (κ3) is 3.99. The smallest absolute Gasteiger partial charge is 0.321 e. The van der Waals surface area contributed by atoms with E-state index in [4.69, 9.17) is 21.3 Å². The van der Waals surface area contributed by atoms with Gasteiger partial charge in [-0.2, -0.15) is 0 Å². The Hall–Kier alpha value is -3.58. The fourth-order valence-corrected chi connectivity index (χ4v) is 3.99. The van der Waals surface area contributed by atoms with Crippen LogP contribution in [0.25, 0.3) is 0 Å². The summed E-state index contributed by atoms with van der Waals surface area (Å²) >= 11 is 5.81. The molecule has 3 aromatic rings. The molecule has 3 aromatic carbocycles. The number of amides is 2. The number of benzene rings is 3. The lowest BCUT2D eigenvalue weighted by Crippen LogP contribution is -2.51. The Morgan fingerprint density at radius 1 is 0.969 bits per heavy atom. The van der Waals surface area contributed by atoms with Crippen molar-refractivity contribution in [1.82, 2.24) is 9.80 Å². The molecule has 0 spiro atoms. The van der Waals surface area contributed by atoms with Gasteiger partial charge < -0.3 is 19.9 Å². The number of urea groups is 1. The molecule has 2 aliphatic heterocycles. The molecule has 1 fully saturated rings. The maximum absolute atomic E-state index is 13.4. The molecule has 1 N–H and O–H groups in total. The fraction of sp³-hybridized carbons (Fsp3) is 0.167. The van der Waals surface area contributed by atoms with Crippen molar-refractivity contribution in [2.45, 2.75) is 0 Å². The molecule has 0 aliphatic carbocycles. The number of ether oxygens (including phenoxy) is 1. The van der Waals surface area contributed by atoms with Crippen LogP contribution >= 0.6 is 11.6 Å². The number of halogens is 2. The highest BCUT2D eigenvalue weighted by Crippen LogP contribution is 2.37. The summed E-state index contributed by atoms with van der Waals surface area (Å²) in [5.41, 5.74) is 2.15. The van der Waals surface area contributed by atoms with Gasteiger partial charge in [-0.1, -0.05) is 35.9 Å². The number of hydrogen-bond acceptors (Lipinski definition) is 4. The average Bonchev–Trinajstić information content (AvgIpc) is 2.98.